The molecule has 0 aromatic heterocycles. The van der Waals surface area contributed by atoms with Gasteiger partial charge in [0.2, 0.25) is 0 Å². The van der Waals surface area contributed by atoms with Crippen LogP contribution in [0.25, 0.3) is 0 Å². The second-order valence-electron chi connectivity index (χ2n) is 6.45. The zero-order valence-electron chi connectivity index (χ0n) is 15.1. The van der Waals surface area contributed by atoms with Crippen LogP contribution in [0.2, 0.25) is 0 Å². The minimum absolute atomic E-state index is 0.297. The molecule has 1 unspecified atom stereocenters. The first-order valence-corrected chi connectivity index (χ1v) is 10.1. The lowest BCUT2D eigenvalue weighted by molar-refractivity contribution is -0.140. The minimum Gasteiger partial charge on any atom is -0.482 e. The molecular weight excluding hydrogens is 343 g/mol. The summed E-state index contributed by atoms with van der Waals surface area (Å²) in [7, 11) is -0.545. The van der Waals surface area contributed by atoms with E-state index in [-0.39, 0.29) is 6.61 Å². The van der Waals surface area contributed by atoms with E-state index in [2.05, 4.69) is 54.6 Å². The summed E-state index contributed by atoms with van der Waals surface area (Å²) >= 11 is 0. The summed E-state index contributed by atoms with van der Waals surface area (Å²) in [5.74, 6) is -0.212. The number of carbonyl (C=O) groups is 1. The summed E-state index contributed by atoms with van der Waals surface area (Å²) in [5.41, 5.74) is 2.52. The van der Waals surface area contributed by atoms with Crippen molar-refractivity contribution in [2.75, 3.05) is 6.61 Å². The lowest BCUT2D eigenvalue weighted by Crippen LogP contribution is -2.23. The average molecular weight is 366 g/mol. The normalized spacial score (nSPS) is 17.2. The fourth-order valence-electron chi connectivity index (χ4n) is 3.41. The van der Waals surface area contributed by atoms with Crippen molar-refractivity contribution in [1.82, 2.24) is 0 Å². The Morgan fingerprint density at radius 1 is 1.04 bits per heavy atom. The first-order chi connectivity index (χ1) is 12.6. The lowest BCUT2D eigenvalue weighted by atomic mass is 9.99. The Bertz CT molecular complexity index is 785. The van der Waals surface area contributed by atoms with Crippen LogP contribution in [0, 0.1) is 0 Å². The summed E-state index contributed by atoms with van der Waals surface area (Å²) in [5, 5.41) is 11.6. The van der Waals surface area contributed by atoms with Gasteiger partial charge in [-0.05, 0) is 49.9 Å². The first-order valence-electron chi connectivity index (χ1n) is 8.68. The van der Waals surface area contributed by atoms with Crippen LogP contribution in [0.1, 0.15) is 20.3 Å². The summed E-state index contributed by atoms with van der Waals surface area (Å²) in [6, 6.07) is 21.3. The number of benzene rings is 2. The van der Waals surface area contributed by atoms with Gasteiger partial charge in [-0.15, -0.1) is 0 Å². The Morgan fingerprint density at radius 2 is 1.58 bits per heavy atom. The van der Waals surface area contributed by atoms with Gasteiger partial charge >= 0.3 is 5.97 Å². The summed E-state index contributed by atoms with van der Waals surface area (Å²) < 4.78 is 5.53. The lowest BCUT2D eigenvalue weighted by Gasteiger charge is -2.31. The maximum absolute atomic E-state index is 10.8. The van der Waals surface area contributed by atoms with Crippen LogP contribution in [-0.4, -0.2) is 23.3 Å². The van der Waals surface area contributed by atoms with Crippen LogP contribution in [0.15, 0.2) is 83.6 Å². The van der Waals surface area contributed by atoms with E-state index in [1.165, 1.54) is 10.6 Å². The standard InChI is InChI=1S/C22H23O3P/c1-16-13-20(14-17(2)22(16)25-15-21(23)24)26(18-9-5-3-6-10-18)19-11-7-4-8-12-19/h3-13,20H,14-15H2,1-2H3,(H,23,24). The topological polar surface area (TPSA) is 46.5 Å². The molecule has 1 atom stereocenters. The Balaban J connectivity index is 1.93. The molecule has 0 bridgehead atoms. The highest BCUT2D eigenvalue weighted by Crippen LogP contribution is 2.46. The largest absolute Gasteiger partial charge is 0.482 e. The highest BCUT2D eigenvalue weighted by atomic mass is 31.1. The van der Waals surface area contributed by atoms with Crippen LogP contribution in [-0.2, 0) is 9.53 Å². The first kappa shape index (κ1) is 18.4. The van der Waals surface area contributed by atoms with Gasteiger partial charge in [0.25, 0.3) is 0 Å². The molecule has 26 heavy (non-hydrogen) atoms. The number of hydrogen-bond donors (Lipinski definition) is 1. The smallest absolute Gasteiger partial charge is 0.341 e. The SMILES string of the molecule is CC1=CC(P(c2ccccc2)c2ccccc2)CC(C)=C1OCC(=O)O. The van der Waals surface area contributed by atoms with E-state index in [9.17, 15) is 4.79 Å². The van der Waals surface area contributed by atoms with Crippen molar-refractivity contribution in [3.05, 3.63) is 83.6 Å². The Kier molecular flexibility index (Phi) is 5.90. The maximum Gasteiger partial charge on any atom is 0.341 e. The number of carboxylic acids is 1. The highest BCUT2D eigenvalue weighted by molar-refractivity contribution is 7.73. The zero-order chi connectivity index (χ0) is 18.5. The van der Waals surface area contributed by atoms with Gasteiger partial charge in [0.1, 0.15) is 5.76 Å². The number of ether oxygens (including phenoxy) is 1. The third kappa shape index (κ3) is 4.23. The number of allylic oxidation sites excluding steroid dienone is 3. The van der Waals surface area contributed by atoms with E-state index in [0.29, 0.717) is 5.66 Å². The molecule has 0 fully saturated rings. The molecular formula is C22H23O3P. The Morgan fingerprint density at radius 3 is 2.04 bits per heavy atom. The number of hydrogen-bond acceptors (Lipinski definition) is 2. The van der Waals surface area contributed by atoms with Crippen molar-refractivity contribution >= 4 is 24.5 Å². The van der Waals surface area contributed by atoms with Gasteiger partial charge in [-0.1, -0.05) is 66.7 Å². The van der Waals surface area contributed by atoms with Crippen molar-refractivity contribution in [2.45, 2.75) is 25.9 Å². The molecule has 134 valence electrons. The molecule has 0 spiro atoms. The second-order valence-corrected chi connectivity index (χ2v) is 8.89. The van der Waals surface area contributed by atoms with Crippen molar-refractivity contribution in [3.8, 4) is 0 Å². The predicted octanol–water partition coefficient (Wildman–Crippen LogP) is 4.21. The number of rotatable bonds is 6. The van der Waals surface area contributed by atoms with Crippen LogP contribution >= 0.6 is 7.92 Å². The molecule has 0 amide bonds. The van der Waals surface area contributed by atoms with Crippen LogP contribution in [0.3, 0.4) is 0 Å². The molecule has 1 N–H and O–H groups in total. The fourth-order valence-corrected chi connectivity index (χ4v) is 6.29. The maximum atomic E-state index is 10.8. The molecule has 1 aliphatic rings. The van der Waals surface area contributed by atoms with Gasteiger partial charge < -0.3 is 9.84 Å². The van der Waals surface area contributed by atoms with Gasteiger partial charge in [-0.3, -0.25) is 0 Å². The van der Waals surface area contributed by atoms with E-state index >= 15 is 0 Å². The van der Waals surface area contributed by atoms with Gasteiger partial charge in [0.15, 0.2) is 6.61 Å². The van der Waals surface area contributed by atoms with Crippen LogP contribution < -0.4 is 10.6 Å². The summed E-state index contributed by atoms with van der Waals surface area (Å²) in [4.78, 5) is 10.8. The predicted molar refractivity (Wildman–Crippen MR) is 108 cm³/mol. The molecule has 3 nitrogen and oxygen atoms in total. The molecule has 0 heterocycles. The number of carboxylic acid groups (broad SMARTS) is 1. The van der Waals surface area contributed by atoms with Crippen LogP contribution in [0.4, 0.5) is 0 Å². The average Bonchev–Trinajstić information content (AvgIpc) is 2.63. The quantitative estimate of drug-likeness (QED) is 0.779. The molecule has 0 aliphatic heterocycles. The molecule has 0 saturated heterocycles. The van der Waals surface area contributed by atoms with E-state index in [4.69, 9.17) is 9.84 Å². The highest BCUT2D eigenvalue weighted by Gasteiger charge is 2.28. The van der Waals surface area contributed by atoms with Gasteiger partial charge in [-0.2, -0.15) is 0 Å². The molecule has 0 saturated carbocycles. The second kappa shape index (κ2) is 8.33. The van der Waals surface area contributed by atoms with Gasteiger partial charge in [0.05, 0.1) is 0 Å². The monoisotopic (exact) mass is 366 g/mol. The van der Waals surface area contributed by atoms with E-state index in [1.54, 1.807) is 0 Å². The summed E-state index contributed by atoms with van der Waals surface area (Å²) in [6.45, 7) is 3.76. The molecule has 4 heteroatoms. The van der Waals surface area contributed by atoms with E-state index in [1.807, 2.05) is 26.0 Å². The molecule has 2 aromatic carbocycles. The molecule has 3 rings (SSSR count). The van der Waals surface area contributed by atoms with Gasteiger partial charge in [0, 0.05) is 5.66 Å². The molecule has 0 radical (unpaired) electrons. The number of aliphatic carboxylic acids is 1. The molecule has 2 aromatic rings. The Labute approximate surface area is 155 Å². The van der Waals surface area contributed by atoms with E-state index < -0.39 is 13.9 Å². The third-order valence-electron chi connectivity index (χ3n) is 4.44. The van der Waals surface area contributed by atoms with Crippen molar-refractivity contribution in [1.29, 1.82) is 0 Å². The van der Waals surface area contributed by atoms with Gasteiger partial charge in [-0.25, -0.2) is 4.79 Å². The summed E-state index contributed by atoms with van der Waals surface area (Å²) in [6.07, 6.45) is 3.14. The molecule has 1 aliphatic carbocycles. The van der Waals surface area contributed by atoms with E-state index in [0.717, 1.165) is 23.3 Å². The van der Waals surface area contributed by atoms with Crippen molar-refractivity contribution in [2.24, 2.45) is 0 Å². The third-order valence-corrected chi connectivity index (χ3v) is 7.15. The Hall–Kier alpha value is -2.38. The van der Waals surface area contributed by atoms with Crippen molar-refractivity contribution < 1.29 is 14.6 Å². The fraction of sp³-hybridized carbons (Fsp3) is 0.227. The van der Waals surface area contributed by atoms with Crippen molar-refractivity contribution in [3.63, 3.8) is 0 Å². The minimum atomic E-state index is -0.948. The van der Waals surface area contributed by atoms with Crippen LogP contribution in [0.5, 0.6) is 0 Å². The zero-order valence-corrected chi connectivity index (χ0v) is 15.9.